The quantitative estimate of drug-likeness (QED) is 0.335. The molecule has 0 unspecified atom stereocenters. The van der Waals surface area contributed by atoms with Crippen LogP contribution >= 0.6 is 0 Å². The molecule has 0 saturated carbocycles. The lowest BCUT2D eigenvalue weighted by molar-refractivity contribution is -0.0223. The minimum atomic E-state index is -0.238. The maximum atomic E-state index is 13.6. The number of aryl methyl sites for hydroxylation is 1. The Labute approximate surface area is 207 Å². The van der Waals surface area contributed by atoms with Crippen molar-refractivity contribution in [3.63, 3.8) is 0 Å². The highest BCUT2D eigenvalue weighted by atomic mass is 16.5. The summed E-state index contributed by atoms with van der Waals surface area (Å²) in [5.41, 5.74) is 2.72. The molecule has 2 atom stereocenters. The number of H-pyrrole nitrogens is 1. The molecule has 9 nitrogen and oxygen atoms in total. The predicted molar refractivity (Wildman–Crippen MR) is 133 cm³/mol. The Morgan fingerprint density at radius 1 is 1.25 bits per heavy atom. The molecule has 9 heteroatoms. The van der Waals surface area contributed by atoms with Gasteiger partial charge < -0.3 is 24.9 Å². The number of rotatable bonds is 7. The molecule has 4 heterocycles. The van der Waals surface area contributed by atoms with Gasteiger partial charge in [0.2, 0.25) is 5.88 Å². The first-order valence-corrected chi connectivity index (χ1v) is 11.7. The first kappa shape index (κ1) is 23.5. The van der Waals surface area contributed by atoms with Gasteiger partial charge in [-0.3, -0.25) is 4.79 Å². The number of hydrogen-bond donors (Lipinski definition) is 3. The molecule has 0 spiro atoms. The molecule has 0 bridgehead atoms. The number of hydrogen-bond acceptors (Lipinski definition) is 8. The largest absolute Gasteiger partial charge is 0.439 e. The van der Waals surface area contributed by atoms with Gasteiger partial charge >= 0.3 is 0 Å². The number of nitriles is 1. The number of aliphatic hydroxyl groups excluding tert-OH is 1. The van der Waals surface area contributed by atoms with Crippen LogP contribution in [0.5, 0.6) is 11.6 Å². The standard InChI is InChI=1S/C27H25N5O4/c1-16-21(9-10-23(31-16)36-19-5-3-2-4-6-19)26(34)22-13-30-27-24(22)25(17(11-28)12-29-27)32-18-7-8-20(14-33)35-15-18/h2-6,9-10,12-13,18,20,33H,7-8,14-15H2,1H3,(H2,29,30,32)/t18-,20+/m1/s1. The molecule has 0 aliphatic carbocycles. The molecule has 1 saturated heterocycles. The maximum absolute atomic E-state index is 13.6. The van der Waals surface area contributed by atoms with Crippen molar-refractivity contribution in [2.45, 2.75) is 31.9 Å². The lowest BCUT2D eigenvalue weighted by Gasteiger charge is -2.29. The molecule has 3 aromatic heterocycles. The fourth-order valence-corrected chi connectivity index (χ4v) is 4.37. The van der Waals surface area contributed by atoms with Crippen LogP contribution in [0.2, 0.25) is 0 Å². The smallest absolute Gasteiger partial charge is 0.219 e. The molecule has 1 aliphatic rings. The summed E-state index contributed by atoms with van der Waals surface area (Å²) in [6, 6.07) is 14.8. The zero-order valence-corrected chi connectivity index (χ0v) is 19.7. The Morgan fingerprint density at radius 3 is 2.78 bits per heavy atom. The van der Waals surface area contributed by atoms with Gasteiger partial charge in [0.1, 0.15) is 17.5 Å². The number of ketones is 1. The van der Waals surface area contributed by atoms with Gasteiger partial charge in [0, 0.05) is 30.1 Å². The lowest BCUT2D eigenvalue weighted by atomic mass is 9.99. The van der Waals surface area contributed by atoms with E-state index in [0.29, 0.717) is 63.8 Å². The number of aliphatic hydroxyl groups is 1. The summed E-state index contributed by atoms with van der Waals surface area (Å²) >= 11 is 0. The molecule has 5 rings (SSSR count). The molecule has 1 aliphatic heterocycles. The Kier molecular flexibility index (Phi) is 6.62. The highest BCUT2D eigenvalue weighted by molar-refractivity contribution is 6.19. The van der Waals surface area contributed by atoms with Gasteiger partial charge in [0.05, 0.1) is 47.2 Å². The minimum absolute atomic E-state index is 0.0192. The van der Waals surface area contributed by atoms with Crippen LogP contribution < -0.4 is 10.1 Å². The SMILES string of the molecule is Cc1nc(Oc2ccccc2)ccc1C(=O)c1c[nH]c2ncc(C#N)c(N[C@@H]3CC[C@@H](CO)OC3)c12. The van der Waals surface area contributed by atoms with E-state index in [-0.39, 0.29) is 24.5 Å². The van der Waals surface area contributed by atoms with Gasteiger partial charge in [-0.1, -0.05) is 18.2 Å². The van der Waals surface area contributed by atoms with E-state index in [0.717, 1.165) is 6.42 Å². The molecular weight excluding hydrogens is 458 g/mol. The number of aromatic nitrogens is 3. The van der Waals surface area contributed by atoms with E-state index < -0.39 is 0 Å². The van der Waals surface area contributed by atoms with Crippen molar-refractivity contribution < 1.29 is 19.4 Å². The summed E-state index contributed by atoms with van der Waals surface area (Å²) in [7, 11) is 0. The second kappa shape index (κ2) is 10.2. The van der Waals surface area contributed by atoms with Crippen molar-refractivity contribution in [3.8, 4) is 17.7 Å². The summed E-state index contributed by atoms with van der Waals surface area (Å²) < 4.78 is 11.5. The molecule has 3 N–H and O–H groups in total. The second-order valence-corrected chi connectivity index (χ2v) is 8.67. The van der Waals surface area contributed by atoms with Gasteiger partial charge in [0.25, 0.3) is 0 Å². The highest BCUT2D eigenvalue weighted by Crippen LogP contribution is 2.32. The van der Waals surface area contributed by atoms with Crippen LogP contribution in [0.1, 0.15) is 40.0 Å². The van der Waals surface area contributed by atoms with Crippen molar-refractivity contribution in [1.82, 2.24) is 15.0 Å². The van der Waals surface area contributed by atoms with E-state index in [9.17, 15) is 15.2 Å². The van der Waals surface area contributed by atoms with Crippen molar-refractivity contribution in [3.05, 3.63) is 77.2 Å². The number of aromatic amines is 1. The predicted octanol–water partition coefficient (Wildman–Crippen LogP) is 4.11. The first-order chi connectivity index (χ1) is 17.6. The molecule has 1 fully saturated rings. The summed E-state index contributed by atoms with van der Waals surface area (Å²) in [4.78, 5) is 25.5. The van der Waals surface area contributed by atoms with Gasteiger partial charge in [-0.25, -0.2) is 9.97 Å². The normalized spacial score (nSPS) is 17.5. The van der Waals surface area contributed by atoms with Crippen LogP contribution in [0.4, 0.5) is 5.69 Å². The minimum Gasteiger partial charge on any atom is -0.439 e. The average molecular weight is 484 g/mol. The number of benzene rings is 1. The fourth-order valence-electron chi connectivity index (χ4n) is 4.37. The van der Waals surface area contributed by atoms with Crippen molar-refractivity contribution in [2.75, 3.05) is 18.5 Å². The van der Waals surface area contributed by atoms with E-state index in [1.54, 1.807) is 25.3 Å². The summed E-state index contributed by atoms with van der Waals surface area (Å²) in [5, 5.41) is 23.0. The van der Waals surface area contributed by atoms with Crippen LogP contribution in [-0.4, -0.2) is 51.2 Å². The van der Waals surface area contributed by atoms with Crippen molar-refractivity contribution in [2.24, 2.45) is 0 Å². The number of ether oxygens (including phenoxy) is 2. The Balaban J connectivity index is 1.47. The highest BCUT2D eigenvalue weighted by Gasteiger charge is 2.26. The topological polar surface area (TPSA) is 133 Å². The number of carbonyl (C=O) groups is 1. The van der Waals surface area contributed by atoms with Gasteiger partial charge in [-0.15, -0.1) is 0 Å². The van der Waals surface area contributed by atoms with E-state index in [2.05, 4.69) is 26.3 Å². The average Bonchev–Trinajstić information content (AvgIpc) is 3.34. The number of para-hydroxylation sites is 1. The summed E-state index contributed by atoms with van der Waals surface area (Å²) in [6.45, 7) is 2.13. The number of anilines is 1. The summed E-state index contributed by atoms with van der Waals surface area (Å²) in [5.74, 6) is 0.809. The maximum Gasteiger partial charge on any atom is 0.219 e. The zero-order chi connectivity index (χ0) is 25.1. The molecule has 0 radical (unpaired) electrons. The van der Waals surface area contributed by atoms with Gasteiger partial charge in [-0.2, -0.15) is 5.26 Å². The molecule has 1 aromatic carbocycles. The van der Waals surface area contributed by atoms with Crippen LogP contribution in [0.3, 0.4) is 0 Å². The van der Waals surface area contributed by atoms with E-state index >= 15 is 0 Å². The Morgan fingerprint density at radius 2 is 2.08 bits per heavy atom. The fraction of sp³-hybridized carbons (Fsp3) is 0.259. The lowest BCUT2D eigenvalue weighted by Crippen LogP contribution is -2.36. The number of nitrogens with one attached hydrogen (secondary N) is 2. The number of fused-ring (bicyclic) bond motifs is 1. The van der Waals surface area contributed by atoms with Crippen molar-refractivity contribution in [1.29, 1.82) is 5.26 Å². The Bertz CT molecular complexity index is 1440. The van der Waals surface area contributed by atoms with Crippen LogP contribution in [0, 0.1) is 18.3 Å². The summed E-state index contributed by atoms with van der Waals surface area (Å²) in [6.07, 6.45) is 4.38. The molecule has 182 valence electrons. The molecule has 0 amide bonds. The van der Waals surface area contributed by atoms with Crippen LogP contribution in [-0.2, 0) is 4.74 Å². The molecule has 36 heavy (non-hydrogen) atoms. The monoisotopic (exact) mass is 483 g/mol. The number of nitrogens with zero attached hydrogens (tertiary/aromatic N) is 3. The van der Waals surface area contributed by atoms with E-state index in [4.69, 9.17) is 9.47 Å². The zero-order valence-electron chi connectivity index (χ0n) is 19.7. The van der Waals surface area contributed by atoms with E-state index in [1.807, 2.05) is 30.3 Å². The van der Waals surface area contributed by atoms with Gasteiger partial charge in [0.15, 0.2) is 5.78 Å². The van der Waals surface area contributed by atoms with E-state index in [1.165, 1.54) is 6.20 Å². The third-order valence-electron chi connectivity index (χ3n) is 6.26. The third kappa shape index (κ3) is 4.64. The van der Waals surface area contributed by atoms with Gasteiger partial charge in [-0.05, 0) is 38.0 Å². The number of pyridine rings is 2. The number of carbonyl (C=O) groups excluding carboxylic acids is 1. The van der Waals surface area contributed by atoms with Crippen molar-refractivity contribution >= 4 is 22.5 Å². The second-order valence-electron chi connectivity index (χ2n) is 8.67. The van der Waals surface area contributed by atoms with Crippen LogP contribution in [0.15, 0.2) is 54.9 Å². The molecule has 4 aromatic rings. The first-order valence-electron chi connectivity index (χ1n) is 11.7. The Hall–Kier alpha value is -4.26. The van der Waals surface area contributed by atoms with Crippen LogP contribution in [0.25, 0.3) is 11.0 Å². The molecular formula is C27H25N5O4. The third-order valence-corrected chi connectivity index (χ3v) is 6.26.